The van der Waals surface area contributed by atoms with E-state index in [2.05, 4.69) is 15.6 Å². The van der Waals surface area contributed by atoms with Gasteiger partial charge in [0.05, 0.1) is 18.5 Å². The minimum absolute atomic E-state index is 0.241. The Hall–Kier alpha value is -3.72. The highest BCUT2D eigenvalue weighted by Gasteiger charge is 2.09. The molecular weight excluding hydrogens is 428 g/mol. The molecule has 9 heteroatoms. The zero-order chi connectivity index (χ0) is 22.7. The van der Waals surface area contributed by atoms with Crippen molar-refractivity contribution in [1.29, 1.82) is 0 Å². The van der Waals surface area contributed by atoms with Crippen molar-refractivity contribution >= 4 is 34.8 Å². The molecule has 0 bridgehead atoms. The van der Waals surface area contributed by atoms with Crippen LogP contribution in [-0.2, 0) is 5.75 Å². The zero-order valence-corrected chi connectivity index (χ0v) is 18.7. The summed E-state index contributed by atoms with van der Waals surface area (Å²) in [4.78, 5) is 29.9. The van der Waals surface area contributed by atoms with Gasteiger partial charge >= 0.3 is 6.03 Å². The molecule has 2 N–H and O–H groups in total. The van der Waals surface area contributed by atoms with E-state index in [1.54, 1.807) is 31.9 Å². The minimum atomic E-state index is -0.359. The molecule has 0 aliphatic carbocycles. The second-order valence-corrected chi connectivity index (χ2v) is 8.23. The van der Waals surface area contributed by atoms with Crippen molar-refractivity contribution in [2.75, 3.05) is 17.7 Å². The van der Waals surface area contributed by atoms with Crippen LogP contribution >= 0.6 is 11.8 Å². The Balaban J connectivity index is 1.37. The molecule has 2 amide bonds. The van der Waals surface area contributed by atoms with Gasteiger partial charge in [0.25, 0.3) is 5.56 Å². The maximum absolute atomic E-state index is 12.4. The summed E-state index contributed by atoms with van der Waals surface area (Å²) < 4.78 is 11.8. The minimum Gasteiger partial charge on any atom is -0.495 e. The molecule has 0 aliphatic rings. The summed E-state index contributed by atoms with van der Waals surface area (Å²) in [5, 5.41) is 5.62. The fourth-order valence-electron chi connectivity index (χ4n) is 3.14. The van der Waals surface area contributed by atoms with Crippen LogP contribution in [0.3, 0.4) is 0 Å². The van der Waals surface area contributed by atoms with Crippen molar-refractivity contribution in [3.05, 3.63) is 82.0 Å². The van der Waals surface area contributed by atoms with Gasteiger partial charge in [-0.2, -0.15) is 0 Å². The summed E-state index contributed by atoms with van der Waals surface area (Å²) in [5.74, 6) is 1.76. The van der Waals surface area contributed by atoms with E-state index in [0.29, 0.717) is 40.0 Å². The molecule has 4 aromatic rings. The number of carbonyl (C=O) groups is 1. The van der Waals surface area contributed by atoms with Crippen molar-refractivity contribution < 1.29 is 14.1 Å². The molecule has 0 radical (unpaired) electrons. The van der Waals surface area contributed by atoms with E-state index >= 15 is 0 Å². The van der Waals surface area contributed by atoms with Gasteiger partial charge in [0.2, 0.25) is 0 Å². The molecule has 4 rings (SSSR count). The lowest BCUT2D eigenvalue weighted by atomic mass is 10.2. The maximum atomic E-state index is 12.4. The summed E-state index contributed by atoms with van der Waals surface area (Å²) in [5.41, 5.74) is 3.21. The van der Waals surface area contributed by atoms with Gasteiger partial charge < -0.3 is 19.9 Å². The number of hydrogen-bond donors (Lipinski definition) is 2. The van der Waals surface area contributed by atoms with Gasteiger partial charge in [0.1, 0.15) is 11.5 Å². The van der Waals surface area contributed by atoms with Crippen LogP contribution in [0.4, 0.5) is 16.2 Å². The molecule has 2 aromatic heterocycles. The highest BCUT2D eigenvalue weighted by Crippen LogP contribution is 2.26. The molecule has 0 saturated carbocycles. The number of amides is 2. The Kier molecular flexibility index (Phi) is 6.18. The van der Waals surface area contributed by atoms with E-state index in [9.17, 15) is 9.59 Å². The van der Waals surface area contributed by atoms with Crippen molar-refractivity contribution in [2.45, 2.75) is 24.5 Å². The summed E-state index contributed by atoms with van der Waals surface area (Å²) in [6.07, 6.45) is 0. The molecule has 164 valence electrons. The van der Waals surface area contributed by atoms with Gasteiger partial charge in [-0.05, 0) is 55.8 Å². The number of thioether (sulfide) groups is 1. The van der Waals surface area contributed by atoms with Gasteiger partial charge in [0, 0.05) is 28.5 Å². The number of aryl methyl sites for hydroxylation is 2. The van der Waals surface area contributed by atoms with Crippen LogP contribution < -0.4 is 20.9 Å². The number of aromatic nitrogens is 2. The number of nitrogens with zero attached hydrogens (tertiary/aromatic N) is 2. The van der Waals surface area contributed by atoms with E-state index in [-0.39, 0.29) is 11.6 Å². The number of ether oxygens (including phenoxy) is 1. The van der Waals surface area contributed by atoms with Crippen LogP contribution in [0.2, 0.25) is 0 Å². The Morgan fingerprint density at radius 2 is 1.88 bits per heavy atom. The fraction of sp³-hybridized carbons (Fsp3) is 0.174. The summed E-state index contributed by atoms with van der Waals surface area (Å²) in [7, 11) is 1.56. The summed E-state index contributed by atoms with van der Waals surface area (Å²) in [6.45, 7) is 3.72. The van der Waals surface area contributed by atoms with E-state index in [1.807, 2.05) is 49.4 Å². The number of methoxy groups -OCH3 is 1. The molecular formula is C23H22N4O4S. The number of nitrogens with one attached hydrogen (secondary N) is 2. The zero-order valence-electron chi connectivity index (χ0n) is 17.8. The highest BCUT2D eigenvalue weighted by atomic mass is 32.2. The van der Waals surface area contributed by atoms with E-state index in [4.69, 9.17) is 9.26 Å². The third kappa shape index (κ3) is 4.94. The molecule has 0 atom stereocenters. The Labute approximate surface area is 188 Å². The van der Waals surface area contributed by atoms with E-state index in [0.717, 1.165) is 10.5 Å². The first-order valence-electron chi connectivity index (χ1n) is 9.86. The van der Waals surface area contributed by atoms with Gasteiger partial charge in [-0.3, -0.25) is 4.79 Å². The SMILES string of the molecule is COc1ccc(C)cc1NC(=O)Nc1ccc(SCc2cc(=O)n3oc(C)cc3n2)cc1. The third-order valence-corrected chi connectivity index (χ3v) is 5.67. The molecule has 8 nitrogen and oxygen atoms in total. The standard InChI is InChI=1S/C23H22N4O4S/c1-14-4-9-20(30-3)19(10-14)26-23(29)25-16-5-7-18(8-6-16)32-13-17-12-22(28)27-21(24-17)11-15(2)31-27/h4-12H,13H2,1-3H3,(H2,25,26,29). The normalized spacial score (nSPS) is 10.8. The van der Waals surface area contributed by atoms with E-state index < -0.39 is 0 Å². The predicted molar refractivity (Wildman–Crippen MR) is 125 cm³/mol. The first-order chi connectivity index (χ1) is 15.4. The number of urea groups is 1. The number of rotatable bonds is 6. The molecule has 2 aromatic carbocycles. The quantitative estimate of drug-likeness (QED) is 0.408. The number of hydrogen-bond acceptors (Lipinski definition) is 6. The van der Waals surface area contributed by atoms with Crippen LogP contribution in [0.25, 0.3) is 5.65 Å². The monoisotopic (exact) mass is 450 g/mol. The van der Waals surface area contributed by atoms with Crippen LogP contribution in [0.5, 0.6) is 5.75 Å². The number of anilines is 2. The number of carbonyl (C=O) groups excluding carboxylic acids is 1. The largest absolute Gasteiger partial charge is 0.495 e. The van der Waals surface area contributed by atoms with Crippen LogP contribution in [-0.4, -0.2) is 22.7 Å². The summed E-state index contributed by atoms with van der Waals surface area (Å²) in [6, 6.07) is 15.9. The van der Waals surface area contributed by atoms with Crippen molar-refractivity contribution in [1.82, 2.24) is 9.56 Å². The molecule has 0 aliphatic heterocycles. The first-order valence-corrected chi connectivity index (χ1v) is 10.8. The van der Waals surface area contributed by atoms with Gasteiger partial charge in [-0.25, -0.2) is 9.78 Å². The van der Waals surface area contributed by atoms with Gasteiger partial charge in [-0.1, -0.05) is 6.07 Å². The average molecular weight is 451 g/mol. The Bertz CT molecular complexity index is 1330. The fourth-order valence-corrected chi connectivity index (χ4v) is 3.93. The lowest BCUT2D eigenvalue weighted by Crippen LogP contribution is -2.19. The van der Waals surface area contributed by atoms with E-state index in [1.165, 1.54) is 10.6 Å². The van der Waals surface area contributed by atoms with Crippen LogP contribution in [0.15, 0.2) is 68.8 Å². The molecule has 32 heavy (non-hydrogen) atoms. The van der Waals surface area contributed by atoms with Crippen LogP contribution in [0.1, 0.15) is 17.0 Å². The first kappa shape index (κ1) is 21.5. The van der Waals surface area contributed by atoms with Crippen molar-refractivity contribution in [2.24, 2.45) is 0 Å². The number of benzene rings is 2. The second-order valence-electron chi connectivity index (χ2n) is 7.18. The Morgan fingerprint density at radius 3 is 2.62 bits per heavy atom. The maximum Gasteiger partial charge on any atom is 0.323 e. The molecule has 2 heterocycles. The second kappa shape index (κ2) is 9.19. The molecule has 0 fully saturated rings. The highest BCUT2D eigenvalue weighted by molar-refractivity contribution is 7.98. The van der Waals surface area contributed by atoms with Gasteiger partial charge in [0.15, 0.2) is 5.65 Å². The smallest absolute Gasteiger partial charge is 0.323 e. The average Bonchev–Trinajstić information content (AvgIpc) is 3.14. The van der Waals surface area contributed by atoms with Crippen LogP contribution in [0, 0.1) is 13.8 Å². The van der Waals surface area contributed by atoms with Crippen molar-refractivity contribution in [3.63, 3.8) is 0 Å². The molecule has 0 spiro atoms. The molecule has 0 unspecified atom stereocenters. The third-order valence-electron chi connectivity index (χ3n) is 4.63. The summed E-state index contributed by atoms with van der Waals surface area (Å²) >= 11 is 1.55. The Morgan fingerprint density at radius 1 is 1.09 bits per heavy atom. The number of fused-ring (bicyclic) bond motifs is 1. The predicted octanol–water partition coefficient (Wildman–Crippen LogP) is 4.85. The lowest BCUT2D eigenvalue weighted by Gasteiger charge is -2.12. The topological polar surface area (TPSA) is 97.9 Å². The lowest BCUT2D eigenvalue weighted by molar-refractivity contribution is 0.262. The molecule has 0 saturated heterocycles. The van der Waals surface area contributed by atoms with Gasteiger partial charge in [-0.15, -0.1) is 16.3 Å². The van der Waals surface area contributed by atoms with Crippen molar-refractivity contribution in [3.8, 4) is 5.75 Å².